The van der Waals surface area contributed by atoms with Crippen molar-refractivity contribution in [2.24, 2.45) is 0 Å². The van der Waals surface area contributed by atoms with Crippen LogP contribution in [0.2, 0.25) is 5.15 Å². The van der Waals surface area contributed by atoms with Crippen molar-refractivity contribution < 1.29 is 9.59 Å². The minimum Gasteiger partial charge on any atom is -0.309 e. The van der Waals surface area contributed by atoms with E-state index in [2.05, 4.69) is 17.1 Å². The summed E-state index contributed by atoms with van der Waals surface area (Å²) in [6, 6.07) is 20.9. The molecule has 0 saturated carbocycles. The number of halogens is 1. The fourth-order valence-corrected chi connectivity index (χ4v) is 5.00. The van der Waals surface area contributed by atoms with Gasteiger partial charge in [0.1, 0.15) is 10.7 Å². The number of rotatable bonds is 4. The molecule has 34 heavy (non-hydrogen) atoms. The van der Waals surface area contributed by atoms with Crippen LogP contribution in [0.25, 0.3) is 11.3 Å². The van der Waals surface area contributed by atoms with E-state index in [4.69, 9.17) is 22.1 Å². The van der Waals surface area contributed by atoms with Gasteiger partial charge in [-0.2, -0.15) is 10.5 Å². The van der Waals surface area contributed by atoms with E-state index in [0.29, 0.717) is 41.9 Å². The molecule has 0 aliphatic carbocycles. The molecule has 0 spiro atoms. The molecule has 166 valence electrons. The lowest BCUT2D eigenvalue weighted by molar-refractivity contribution is -0.123. The minimum atomic E-state index is -0.963. The largest absolute Gasteiger partial charge is 0.332 e. The fourth-order valence-electron chi connectivity index (χ4n) is 4.79. The number of carbonyl (C=O) groups excluding carboxylic acids is 2. The Bertz CT molecular complexity index is 1390. The Morgan fingerprint density at radius 1 is 0.971 bits per heavy atom. The van der Waals surface area contributed by atoms with Gasteiger partial charge in [0.05, 0.1) is 34.6 Å². The number of amides is 3. The Hall–Kier alpha value is -4.20. The molecule has 5 rings (SSSR count). The highest BCUT2D eigenvalue weighted by Crippen LogP contribution is 2.43. The summed E-state index contributed by atoms with van der Waals surface area (Å²) in [6.07, 6.45) is 1.69. The molecule has 1 atom stereocenters. The van der Waals surface area contributed by atoms with Crippen molar-refractivity contribution in [1.82, 2.24) is 9.88 Å². The van der Waals surface area contributed by atoms with Crippen LogP contribution in [-0.4, -0.2) is 33.9 Å². The summed E-state index contributed by atoms with van der Waals surface area (Å²) in [5.41, 5.74) is 2.57. The fraction of sp³-hybridized carbons (Fsp3) is 0.192. The molecular weight excluding hydrogens is 450 g/mol. The van der Waals surface area contributed by atoms with Crippen molar-refractivity contribution in [3.63, 3.8) is 0 Å². The summed E-state index contributed by atoms with van der Waals surface area (Å²) in [5, 5.41) is 18.3. The van der Waals surface area contributed by atoms with Gasteiger partial charge >= 0.3 is 6.03 Å². The van der Waals surface area contributed by atoms with E-state index in [0.717, 1.165) is 17.5 Å². The first-order valence-electron chi connectivity index (χ1n) is 10.8. The molecule has 0 N–H and O–H groups in total. The number of carbonyl (C=O) groups is 2. The molecule has 2 aromatic carbocycles. The van der Waals surface area contributed by atoms with Gasteiger partial charge in [-0.1, -0.05) is 35.9 Å². The van der Waals surface area contributed by atoms with Crippen LogP contribution in [0.1, 0.15) is 29.5 Å². The van der Waals surface area contributed by atoms with Gasteiger partial charge in [0, 0.05) is 18.5 Å². The average Bonchev–Trinajstić information content (AvgIpc) is 3.36. The zero-order valence-electron chi connectivity index (χ0n) is 18.0. The van der Waals surface area contributed by atoms with Gasteiger partial charge in [-0.25, -0.2) is 14.7 Å². The monoisotopic (exact) mass is 467 g/mol. The van der Waals surface area contributed by atoms with Crippen molar-refractivity contribution in [2.75, 3.05) is 11.4 Å². The lowest BCUT2D eigenvalue weighted by Gasteiger charge is -2.28. The number of aromatic nitrogens is 1. The highest BCUT2D eigenvalue weighted by Gasteiger charge is 2.59. The first-order chi connectivity index (χ1) is 16.4. The molecule has 7 nitrogen and oxygen atoms in total. The molecule has 3 heterocycles. The first kappa shape index (κ1) is 21.6. The number of benzene rings is 2. The molecule has 3 amide bonds. The highest BCUT2D eigenvalue weighted by atomic mass is 35.5. The van der Waals surface area contributed by atoms with Crippen LogP contribution in [0, 0.1) is 22.7 Å². The van der Waals surface area contributed by atoms with Crippen LogP contribution in [-0.2, 0) is 11.2 Å². The molecule has 1 aromatic heterocycles. The van der Waals surface area contributed by atoms with Gasteiger partial charge in [-0.15, -0.1) is 0 Å². The van der Waals surface area contributed by atoms with Gasteiger partial charge in [-0.3, -0.25) is 4.79 Å². The number of pyridine rings is 1. The number of nitriles is 2. The molecule has 2 aliphatic heterocycles. The molecule has 1 unspecified atom stereocenters. The topological polar surface area (TPSA) is 101 Å². The van der Waals surface area contributed by atoms with E-state index in [1.54, 1.807) is 47.4 Å². The van der Waals surface area contributed by atoms with Crippen LogP contribution < -0.4 is 4.90 Å². The van der Waals surface area contributed by atoms with Gasteiger partial charge in [-0.05, 0) is 54.8 Å². The third-order valence-electron chi connectivity index (χ3n) is 6.44. The molecule has 0 bridgehead atoms. The number of fused-ring (bicyclic) bond motifs is 1. The van der Waals surface area contributed by atoms with Crippen molar-refractivity contribution >= 4 is 29.2 Å². The summed E-state index contributed by atoms with van der Waals surface area (Å²) in [6.45, 7) is 0.499. The van der Waals surface area contributed by atoms with Gasteiger partial charge in [0.15, 0.2) is 0 Å². The average molecular weight is 468 g/mol. The summed E-state index contributed by atoms with van der Waals surface area (Å²) < 4.78 is 0. The molecule has 2 saturated heterocycles. The van der Waals surface area contributed by atoms with Crippen LogP contribution in [0.3, 0.4) is 0 Å². The number of imide groups is 1. The maximum absolute atomic E-state index is 13.8. The van der Waals surface area contributed by atoms with E-state index in [1.807, 2.05) is 12.1 Å². The van der Waals surface area contributed by atoms with Crippen LogP contribution in [0.15, 0.2) is 60.7 Å². The predicted molar refractivity (Wildman–Crippen MR) is 126 cm³/mol. The Labute approximate surface area is 201 Å². The molecule has 2 fully saturated rings. The van der Waals surface area contributed by atoms with Crippen molar-refractivity contribution in [1.29, 1.82) is 10.5 Å². The van der Waals surface area contributed by atoms with Crippen molar-refractivity contribution in [2.45, 2.75) is 24.8 Å². The Morgan fingerprint density at radius 2 is 1.62 bits per heavy atom. The normalized spacial score (nSPS) is 19.1. The smallest absolute Gasteiger partial charge is 0.309 e. The van der Waals surface area contributed by atoms with Crippen LogP contribution in [0.4, 0.5) is 10.5 Å². The van der Waals surface area contributed by atoms with Crippen LogP contribution >= 0.6 is 11.6 Å². The predicted octanol–water partition coefficient (Wildman–Crippen LogP) is 4.69. The number of hydrogen-bond acceptors (Lipinski definition) is 5. The van der Waals surface area contributed by atoms with Gasteiger partial charge < -0.3 is 4.90 Å². The van der Waals surface area contributed by atoms with E-state index >= 15 is 0 Å². The van der Waals surface area contributed by atoms with E-state index in [1.165, 1.54) is 11.0 Å². The maximum atomic E-state index is 13.8. The van der Waals surface area contributed by atoms with E-state index in [9.17, 15) is 9.59 Å². The number of hydrogen-bond donors (Lipinski definition) is 0. The lowest BCUT2D eigenvalue weighted by atomic mass is 9.87. The Balaban J connectivity index is 1.51. The first-order valence-corrected chi connectivity index (χ1v) is 11.2. The highest BCUT2D eigenvalue weighted by molar-refractivity contribution is 6.30. The van der Waals surface area contributed by atoms with E-state index in [-0.39, 0.29) is 17.1 Å². The second-order valence-corrected chi connectivity index (χ2v) is 8.81. The third-order valence-corrected chi connectivity index (χ3v) is 6.63. The summed E-state index contributed by atoms with van der Waals surface area (Å²) >= 11 is 6.29. The number of nitrogens with zero attached hydrogens (tertiary/aromatic N) is 5. The zero-order valence-corrected chi connectivity index (χ0v) is 18.8. The molecule has 2 aliphatic rings. The Morgan fingerprint density at radius 3 is 2.26 bits per heavy atom. The quantitative estimate of drug-likeness (QED) is 0.409. The summed E-state index contributed by atoms with van der Waals surface area (Å²) in [7, 11) is 0. The summed E-state index contributed by atoms with van der Waals surface area (Å²) in [5.74, 6) is -0.285. The Kier molecular flexibility index (Phi) is 5.28. The van der Waals surface area contributed by atoms with Crippen LogP contribution in [0.5, 0.6) is 0 Å². The van der Waals surface area contributed by atoms with Crippen molar-refractivity contribution in [3.8, 4) is 23.4 Å². The second kappa shape index (κ2) is 8.30. The third kappa shape index (κ3) is 3.48. The molecule has 0 radical (unpaired) electrons. The standard InChI is InChI=1S/C26H18ClN5O2/c27-23-13-21(12-22(30-23)20-8-6-19(16-29)7-9-20)32-24(33)26(10-1-11-31(26)25(32)34)14-17-2-4-18(15-28)5-3-17/h2-9,12-13H,1,10-11,14H2. The molecular formula is C26H18ClN5O2. The second-order valence-electron chi connectivity index (χ2n) is 8.42. The minimum absolute atomic E-state index is 0.158. The maximum Gasteiger partial charge on any atom is 0.332 e. The molecule has 8 heteroatoms. The SMILES string of the molecule is N#Cc1ccc(CC23CCCN2C(=O)N(c2cc(Cl)nc(-c4ccc(C#N)cc4)c2)C3=O)cc1. The summed E-state index contributed by atoms with van der Waals surface area (Å²) in [4.78, 5) is 34.4. The van der Waals surface area contributed by atoms with E-state index < -0.39 is 5.54 Å². The lowest BCUT2D eigenvalue weighted by Crippen LogP contribution is -2.47. The van der Waals surface area contributed by atoms with Crippen molar-refractivity contribution in [3.05, 3.63) is 82.5 Å². The zero-order chi connectivity index (χ0) is 23.9. The number of urea groups is 1. The van der Waals surface area contributed by atoms with Gasteiger partial charge in [0.2, 0.25) is 0 Å². The van der Waals surface area contributed by atoms with Gasteiger partial charge in [0.25, 0.3) is 5.91 Å². The number of anilines is 1. The molecule has 3 aromatic rings.